The molecule has 0 spiro atoms. The van der Waals surface area contributed by atoms with E-state index >= 15 is 0 Å². The number of para-hydroxylation sites is 1. The van der Waals surface area contributed by atoms with Crippen LogP contribution in [0.15, 0.2) is 79.0 Å². The quantitative estimate of drug-likeness (QED) is 0.729. The molecule has 1 N–H and O–H groups in total. The third kappa shape index (κ3) is 3.73. The topological polar surface area (TPSA) is 59.1 Å². The van der Waals surface area contributed by atoms with E-state index in [-0.39, 0.29) is 18.1 Å². The Morgan fingerprint density at radius 3 is 2.29 bits per heavy atom. The lowest BCUT2D eigenvalue weighted by Gasteiger charge is -2.10. The summed E-state index contributed by atoms with van der Waals surface area (Å²) in [6.07, 6.45) is 1.85. The van der Waals surface area contributed by atoms with Crippen LogP contribution in [0.2, 0.25) is 0 Å². The molecule has 0 saturated carbocycles. The zero-order valence-corrected chi connectivity index (χ0v) is 13.0. The number of rotatable bonds is 5. The van der Waals surface area contributed by atoms with E-state index in [1.54, 1.807) is 54.7 Å². The number of Topliss-reactive ketones (excluding diaryl/α,β-unsaturated/α-hetero) is 1. The molecule has 3 rings (SSSR count). The van der Waals surface area contributed by atoms with Crippen LogP contribution in [0, 0.1) is 0 Å². The molecule has 4 heteroatoms. The second-order valence-corrected chi connectivity index (χ2v) is 5.29. The highest BCUT2D eigenvalue weighted by atomic mass is 16.1. The van der Waals surface area contributed by atoms with Gasteiger partial charge < -0.3 is 5.32 Å². The van der Waals surface area contributed by atoms with Gasteiger partial charge in [0.05, 0.1) is 12.1 Å². The van der Waals surface area contributed by atoms with Crippen molar-refractivity contribution >= 4 is 17.4 Å². The molecule has 1 heterocycles. The predicted octanol–water partition coefficient (Wildman–Crippen LogP) is 3.76. The maximum absolute atomic E-state index is 12.6. The van der Waals surface area contributed by atoms with E-state index in [1.807, 2.05) is 24.3 Å². The minimum atomic E-state index is -0.242. The number of amides is 1. The Morgan fingerprint density at radius 2 is 1.54 bits per heavy atom. The number of hydrogen-bond donors (Lipinski definition) is 1. The van der Waals surface area contributed by atoms with Crippen LogP contribution in [-0.4, -0.2) is 16.7 Å². The van der Waals surface area contributed by atoms with Crippen molar-refractivity contribution in [2.75, 3.05) is 5.32 Å². The zero-order valence-electron chi connectivity index (χ0n) is 13.0. The van der Waals surface area contributed by atoms with Crippen LogP contribution in [0.1, 0.15) is 26.4 Å². The van der Waals surface area contributed by atoms with Crippen molar-refractivity contribution in [1.82, 2.24) is 4.98 Å². The lowest BCUT2D eigenvalue weighted by molar-refractivity contribution is 0.0993. The molecular weight excluding hydrogens is 300 g/mol. The van der Waals surface area contributed by atoms with Gasteiger partial charge in [-0.2, -0.15) is 0 Å². The van der Waals surface area contributed by atoms with E-state index < -0.39 is 0 Å². The number of pyridine rings is 1. The van der Waals surface area contributed by atoms with Crippen molar-refractivity contribution in [3.63, 3.8) is 0 Å². The number of hydrogen-bond acceptors (Lipinski definition) is 3. The van der Waals surface area contributed by atoms with E-state index in [2.05, 4.69) is 10.3 Å². The van der Waals surface area contributed by atoms with Gasteiger partial charge in [-0.3, -0.25) is 14.6 Å². The number of nitrogens with one attached hydrogen (secondary N) is 1. The fraction of sp³-hybridized carbons (Fsp3) is 0.0500. The van der Waals surface area contributed by atoms with Gasteiger partial charge in [-0.05, 0) is 36.4 Å². The maximum Gasteiger partial charge on any atom is 0.255 e. The highest BCUT2D eigenvalue weighted by Crippen LogP contribution is 2.18. The third-order valence-electron chi connectivity index (χ3n) is 3.58. The third-order valence-corrected chi connectivity index (χ3v) is 3.58. The summed E-state index contributed by atoms with van der Waals surface area (Å²) in [5, 5.41) is 2.81. The molecule has 0 fully saturated rings. The lowest BCUT2D eigenvalue weighted by Crippen LogP contribution is -2.15. The van der Waals surface area contributed by atoms with Crippen LogP contribution < -0.4 is 5.32 Å². The van der Waals surface area contributed by atoms with Gasteiger partial charge in [0.15, 0.2) is 5.78 Å². The van der Waals surface area contributed by atoms with Crippen LogP contribution in [-0.2, 0) is 6.42 Å². The Balaban J connectivity index is 1.80. The van der Waals surface area contributed by atoms with Crippen molar-refractivity contribution in [3.05, 3.63) is 95.8 Å². The van der Waals surface area contributed by atoms with Gasteiger partial charge in [-0.25, -0.2) is 0 Å². The number of nitrogens with zero attached hydrogens (tertiary/aromatic N) is 1. The summed E-state index contributed by atoms with van der Waals surface area (Å²) in [6, 6.07) is 21.4. The zero-order chi connectivity index (χ0) is 16.8. The van der Waals surface area contributed by atoms with Crippen molar-refractivity contribution in [3.8, 4) is 0 Å². The molecule has 0 aliphatic heterocycles. The normalized spacial score (nSPS) is 10.2. The first-order valence-electron chi connectivity index (χ1n) is 7.62. The van der Waals surface area contributed by atoms with Gasteiger partial charge in [-0.15, -0.1) is 0 Å². The molecule has 3 aromatic rings. The first-order chi connectivity index (χ1) is 11.7. The molecule has 0 bridgehead atoms. The minimum Gasteiger partial charge on any atom is -0.321 e. The number of carbonyl (C=O) groups is 2. The molecule has 24 heavy (non-hydrogen) atoms. The average molecular weight is 316 g/mol. The predicted molar refractivity (Wildman–Crippen MR) is 93.1 cm³/mol. The first-order valence-corrected chi connectivity index (χ1v) is 7.62. The van der Waals surface area contributed by atoms with E-state index in [0.717, 1.165) is 0 Å². The molecule has 1 amide bonds. The lowest BCUT2D eigenvalue weighted by atomic mass is 10.0. The van der Waals surface area contributed by atoms with Gasteiger partial charge >= 0.3 is 0 Å². The van der Waals surface area contributed by atoms with E-state index in [0.29, 0.717) is 22.5 Å². The van der Waals surface area contributed by atoms with Crippen LogP contribution in [0.5, 0.6) is 0 Å². The fourth-order valence-electron chi connectivity index (χ4n) is 2.38. The van der Waals surface area contributed by atoms with Crippen molar-refractivity contribution < 1.29 is 9.59 Å². The summed E-state index contributed by atoms with van der Waals surface area (Å²) < 4.78 is 0. The Kier molecular flexibility index (Phi) is 4.77. The van der Waals surface area contributed by atoms with Crippen LogP contribution in [0.3, 0.4) is 0 Å². The van der Waals surface area contributed by atoms with Crippen molar-refractivity contribution in [1.29, 1.82) is 0 Å². The minimum absolute atomic E-state index is 0.0855. The Labute approximate surface area is 140 Å². The molecule has 0 saturated heterocycles. The number of ketones is 1. The summed E-state index contributed by atoms with van der Waals surface area (Å²) >= 11 is 0. The van der Waals surface area contributed by atoms with E-state index in [9.17, 15) is 9.59 Å². The standard InChI is InChI=1S/C20H16N2O2/c23-19(14-16-10-6-7-13-21-16)17-11-4-5-12-18(17)22-20(24)15-8-2-1-3-9-15/h1-13H,14H2,(H,22,24). The fourth-order valence-corrected chi connectivity index (χ4v) is 2.38. The van der Waals surface area contributed by atoms with Crippen LogP contribution in [0.25, 0.3) is 0 Å². The summed E-state index contributed by atoms with van der Waals surface area (Å²) in [6.45, 7) is 0. The molecule has 0 radical (unpaired) electrons. The first kappa shape index (κ1) is 15.6. The van der Waals surface area contributed by atoms with Crippen molar-refractivity contribution in [2.45, 2.75) is 6.42 Å². The summed E-state index contributed by atoms with van der Waals surface area (Å²) in [5.74, 6) is -0.327. The Hall–Kier alpha value is -3.27. The SMILES string of the molecule is O=C(Nc1ccccc1C(=O)Cc1ccccn1)c1ccccc1. The largest absolute Gasteiger partial charge is 0.321 e. The molecule has 1 aromatic heterocycles. The smallest absolute Gasteiger partial charge is 0.255 e. The van der Waals surface area contributed by atoms with Gasteiger partial charge in [0.2, 0.25) is 0 Å². The average Bonchev–Trinajstić information content (AvgIpc) is 2.63. The molecule has 0 unspecified atom stereocenters. The number of benzene rings is 2. The van der Waals surface area contributed by atoms with Crippen LogP contribution >= 0.6 is 0 Å². The molecule has 0 aliphatic carbocycles. The van der Waals surface area contributed by atoms with E-state index in [4.69, 9.17) is 0 Å². The van der Waals surface area contributed by atoms with E-state index in [1.165, 1.54) is 0 Å². The molecule has 2 aromatic carbocycles. The summed E-state index contributed by atoms with van der Waals surface area (Å²) in [7, 11) is 0. The van der Waals surface area contributed by atoms with Crippen molar-refractivity contribution in [2.24, 2.45) is 0 Å². The Morgan fingerprint density at radius 1 is 0.833 bits per heavy atom. The van der Waals surface area contributed by atoms with Gasteiger partial charge in [0, 0.05) is 23.0 Å². The van der Waals surface area contributed by atoms with Gasteiger partial charge in [0.1, 0.15) is 0 Å². The monoisotopic (exact) mass is 316 g/mol. The number of anilines is 1. The van der Waals surface area contributed by atoms with Crippen LogP contribution in [0.4, 0.5) is 5.69 Å². The molecular formula is C20H16N2O2. The second kappa shape index (κ2) is 7.33. The highest BCUT2D eigenvalue weighted by molar-refractivity contribution is 6.09. The molecule has 0 aliphatic rings. The summed E-state index contributed by atoms with van der Waals surface area (Å²) in [4.78, 5) is 29.0. The molecule has 118 valence electrons. The number of carbonyl (C=O) groups excluding carboxylic acids is 2. The maximum atomic E-state index is 12.6. The molecule has 0 atom stereocenters. The highest BCUT2D eigenvalue weighted by Gasteiger charge is 2.14. The molecule has 4 nitrogen and oxygen atoms in total. The number of aromatic nitrogens is 1. The van der Waals surface area contributed by atoms with Gasteiger partial charge in [0.25, 0.3) is 5.91 Å². The summed E-state index contributed by atoms with van der Waals surface area (Å²) in [5.41, 5.74) is 2.23. The van der Waals surface area contributed by atoms with Gasteiger partial charge in [-0.1, -0.05) is 36.4 Å². The second-order valence-electron chi connectivity index (χ2n) is 5.29. The Bertz CT molecular complexity index is 846.